The Morgan fingerprint density at radius 2 is 1.94 bits per heavy atom. The van der Waals surface area contributed by atoms with Crippen molar-refractivity contribution in [2.24, 2.45) is 0 Å². The van der Waals surface area contributed by atoms with Crippen LogP contribution in [0.2, 0.25) is 0 Å². The van der Waals surface area contributed by atoms with Crippen LogP contribution in [-0.2, 0) is 12.6 Å². The molecule has 3 heterocycles. The lowest BCUT2D eigenvalue weighted by Crippen LogP contribution is -2.34. The number of rotatable bonds is 3. The summed E-state index contributed by atoms with van der Waals surface area (Å²) in [5.41, 5.74) is 1.98. The van der Waals surface area contributed by atoms with Crippen molar-refractivity contribution in [1.82, 2.24) is 20.1 Å². The molecule has 0 spiro atoms. The summed E-state index contributed by atoms with van der Waals surface area (Å²) in [5, 5.41) is 8.03. The molecule has 4 rings (SSSR count). The van der Waals surface area contributed by atoms with Gasteiger partial charge in [0.25, 0.3) is 5.91 Å². The minimum atomic E-state index is -4.66. The van der Waals surface area contributed by atoms with Crippen molar-refractivity contribution in [1.29, 1.82) is 0 Å². The van der Waals surface area contributed by atoms with Crippen molar-refractivity contribution in [3.05, 3.63) is 76.5 Å². The molecule has 0 unspecified atom stereocenters. The van der Waals surface area contributed by atoms with E-state index < -0.39 is 23.5 Å². The van der Waals surface area contributed by atoms with Crippen molar-refractivity contribution < 1.29 is 22.4 Å². The lowest BCUT2D eigenvalue weighted by Gasteiger charge is -2.26. The van der Waals surface area contributed by atoms with E-state index in [1.807, 2.05) is 0 Å². The smallest absolute Gasteiger partial charge is 0.341 e. The van der Waals surface area contributed by atoms with Gasteiger partial charge in [0.2, 0.25) is 0 Å². The molecule has 0 aliphatic carbocycles. The Labute approximate surface area is 175 Å². The number of fused-ring (bicyclic) bond motifs is 1. The summed E-state index contributed by atoms with van der Waals surface area (Å²) < 4.78 is 53.1. The number of amides is 1. The maximum atomic E-state index is 13.9. The van der Waals surface area contributed by atoms with Gasteiger partial charge in [-0.2, -0.15) is 23.4 Å². The molecule has 1 aliphatic rings. The Morgan fingerprint density at radius 3 is 2.68 bits per heavy atom. The highest BCUT2D eigenvalue weighted by Gasteiger charge is 2.32. The van der Waals surface area contributed by atoms with Crippen molar-refractivity contribution in [2.75, 3.05) is 13.6 Å². The van der Waals surface area contributed by atoms with E-state index in [1.165, 1.54) is 12.4 Å². The van der Waals surface area contributed by atoms with E-state index in [2.05, 4.69) is 15.2 Å². The van der Waals surface area contributed by atoms with E-state index in [4.69, 9.17) is 0 Å². The summed E-state index contributed by atoms with van der Waals surface area (Å²) >= 11 is 0. The lowest BCUT2D eigenvalue weighted by molar-refractivity contribution is -0.137. The van der Waals surface area contributed by atoms with Gasteiger partial charge in [0.05, 0.1) is 23.1 Å². The first-order valence-corrected chi connectivity index (χ1v) is 9.59. The average molecular weight is 430 g/mol. The molecule has 1 aliphatic heterocycles. The van der Waals surface area contributed by atoms with Gasteiger partial charge in [-0.1, -0.05) is 6.92 Å². The highest BCUT2D eigenvalue weighted by molar-refractivity contribution is 5.98. The van der Waals surface area contributed by atoms with Crippen molar-refractivity contribution >= 4 is 5.91 Å². The topological polar surface area (TPSA) is 59.0 Å². The third-order valence-electron chi connectivity index (χ3n) is 5.47. The van der Waals surface area contributed by atoms with Gasteiger partial charge in [0, 0.05) is 36.8 Å². The number of hydrogen-bond acceptors (Lipinski definition) is 4. The van der Waals surface area contributed by atoms with Gasteiger partial charge in [0.15, 0.2) is 0 Å². The van der Waals surface area contributed by atoms with E-state index in [1.54, 1.807) is 31.0 Å². The zero-order chi connectivity index (χ0) is 22.3. The third kappa shape index (κ3) is 3.99. The van der Waals surface area contributed by atoms with Crippen LogP contribution in [0.1, 0.15) is 45.6 Å². The molecule has 2 aromatic heterocycles. The van der Waals surface area contributed by atoms with Crippen LogP contribution < -0.4 is 0 Å². The Balaban J connectivity index is 1.74. The standard InChI is InChI=1S/C22H18F4N4O/c1-12(13-7-15(22(24,25)26)10-16(23)8-13)19-9-14(11-28-29-19)20-17-4-6-30(2)21(31)18(17)3-5-27-20/h3,5,7-12H,4,6H2,1-2H3/t12-/m0/s1. The second-order valence-electron chi connectivity index (χ2n) is 7.52. The van der Waals surface area contributed by atoms with Crippen molar-refractivity contribution in [3.8, 4) is 11.3 Å². The molecule has 31 heavy (non-hydrogen) atoms. The second-order valence-corrected chi connectivity index (χ2v) is 7.52. The largest absolute Gasteiger partial charge is 0.416 e. The second kappa shape index (κ2) is 7.72. The van der Waals surface area contributed by atoms with Crippen LogP contribution in [0.25, 0.3) is 11.3 Å². The normalized spacial score (nSPS) is 15.0. The number of hydrogen-bond donors (Lipinski definition) is 0. The first-order chi connectivity index (χ1) is 14.6. The van der Waals surface area contributed by atoms with Gasteiger partial charge in [0.1, 0.15) is 5.82 Å². The fourth-order valence-corrected chi connectivity index (χ4v) is 3.70. The first-order valence-electron chi connectivity index (χ1n) is 9.59. The predicted molar refractivity (Wildman–Crippen MR) is 105 cm³/mol. The molecule has 9 heteroatoms. The van der Waals surface area contributed by atoms with Gasteiger partial charge >= 0.3 is 6.18 Å². The Kier molecular flexibility index (Phi) is 5.20. The molecule has 1 amide bonds. The summed E-state index contributed by atoms with van der Waals surface area (Å²) in [7, 11) is 1.73. The number of benzene rings is 1. The van der Waals surface area contributed by atoms with E-state index >= 15 is 0 Å². The number of carbonyl (C=O) groups is 1. The first kappa shape index (κ1) is 20.9. The quantitative estimate of drug-likeness (QED) is 0.575. The number of likely N-dealkylation sites (N-methyl/N-ethyl adjacent to an activating group) is 1. The number of carbonyl (C=O) groups excluding carboxylic acids is 1. The monoisotopic (exact) mass is 430 g/mol. The molecule has 0 saturated carbocycles. The molecule has 0 bridgehead atoms. The molecule has 160 valence electrons. The maximum Gasteiger partial charge on any atom is 0.416 e. The summed E-state index contributed by atoms with van der Waals surface area (Å²) in [4.78, 5) is 18.5. The molecule has 0 N–H and O–H groups in total. The minimum Gasteiger partial charge on any atom is -0.341 e. The fraction of sp³-hybridized carbons (Fsp3) is 0.273. The fourth-order valence-electron chi connectivity index (χ4n) is 3.70. The molecule has 1 atom stereocenters. The molecule has 0 saturated heterocycles. The average Bonchev–Trinajstić information content (AvgIpc) is 2.74. The number of aromatic nitrogens is 3. The molecule has 3 aromatic rings. The third-order valence-corrected chi connectivity index (χ3v) is 5.47. The van der Waals surface area contributed by atoms with Crippen LogP contribution in [0.4, 0.5) is 17.6 Å². The van der Waals surface area contributed by atoms with Crippen LogP contribution in [0, 0.1) is 5.82 Å². The highest BCUT2D eigenvalue weighted by Crippen LogP contribution is 2.34. The number of alkyl halides is 3. The molecular formula is C22H18F4N4O. The molecule has 0 radical (unpaired) electrons. The molecule has 1 aromatic carbocycles. The van der Waals surface area contributed by atoms with E-state index in [0.29, 0.717) is 41.5 Å². The van der Waals surface area contributed by atoms with Crippen molar-refractivity contribution in [3.63, 3.8) is 0 Å². The summed E-state index contributed by atoms with van der Waals surface area (Å²) in [6.07, 6.45) is -1.01. The molecule has 5 nitrogen and oxygen atoms in total. The Morgan fingerprint density at radius 1 is 1.16 bits per heavy atom. The number of pyridine rings is 1. The van der Waals surface area contributed by atoms with Crippen LogP contribution in [0.3, 0.4) is 0 Å². The van der Waals surface area contributed by atoms with Crippen LogP contribution >= 0.6 is 0 Å². The van der Waals surface area contributed by atoms with E-state index in [-0.39, 0.29) is 11.5 Å². The summed E-state index contributed by atoms with van der Waals surface area (Å²) in [6, 6.07) is 5.78. The predicted octanol–water partition coefficient (Wildman–Crippen LogP) is 4.48. The zero-order valence-corrected chi connectivity index (χ0v) is 16.7. The SMILES string of the molecule is C[C@@H](c1cc(F)cc(C(F)(F)F)c1)c1cc(-c2nccc3c2CCN(C)C3=O)cnn1. The van der Waals surface area contributed by atoms with Gasteiger partial charge in [-0.15, -0.1) is 0 Å². The summed E-state index contributed by atoms with van der Waals surface area (Å²) in [5.74, 6) is -1.71. The number of nitrogens with zero attached hydrogens (tertiary/aromatic N) is 4. The van der Waals surface area contributed by atoms with Crippen molar-refractivity contribution in [2.45, 2.75) is 25.4 Å². The van der Waals surface area contributed by atoms with E-state index in [0.717, 1.165) is 17.7 Å². The molecule has 0 fully saturated rings. The zero-order valence-electron chi connectivity index (χ0n) is 16.7. The lowest BCUT2D eigenvalue weighted by atomic mass is 9.92. The minimum absolute atomic E-state index is 0.0973. The van der Waals surface area contributed by atoms with Crippen LogP contribution in [-0.4, -0.2) is 39.6 Å². The summed E-state index contributed by atoms with van der Waals surface area (Å²) in [6.45, 7) is 2.19. The number of halogens is 4. The van der Waals surface area contributed by atoms with Crippen LogP contribution in [0.5, 0.6) is 0 Å². The van der Waals surface area contributed by atoms with Gasteiger partial charge in [-0.05, 0) is 47.9 Å². The Bertz CT molecular complexity index is 1160. The van der Waals surface area contributed by atoms with Crippen LogP contribution in [0.15, 0.2) is 42.7 Å². The van der Waals surface area contributed by atoms with Gasteiger partial charge in [-0.3, -0.25) is 9.78 Å². The maximum absolute atomic E-state index is 13.9. The molecular weight excluding hydrogens is 412 g/mol. The van der Waals surface area contributed by atoms with E-state index in [9.17, 15) is 22.4 Å². The van der Waals surface area contributed by atoms with Gasteiger partial charge in [-0.25, -0.2) is 4.39 Å². The highest BCUT2D eigenvalue weighted by atomic mass is 19.4. The Hall–Kier alpha value is -3.36. The van der Waals surface area contributed by atoms with Gasteiger partial charge < -0.3 is 4.90 Å².